The van der Waals surface area contributed by atoms with E-state index in [9.17, 15) is 14.4 Å². The highest BCUT2D eigenvalue weighted by molar-refractivity contribution is 5.79. The van der Waals surface area contributed by atoms with Crippen LogP contribution in [0.3, 0.4) is 0 Å². The van der Waals surface area contributed by atoms with Crippen LogP contribution >= 0.6 is 0 Å². The fourth-order valence-electron chi connectivity index (χ4n) is 4.25. The van der Waals surface area contributed by atoms with Crippen LogP contribution in [0.15, 0.2) is 48.5 Å². The van der Waals surface area contributed by atoms with E-state index >= 15 is 0 Å². The summed E-state index contributed by atoms with van der Waals surface area (Å²) in [6, 6.07) is 16.0. The molecular weight excluding hydrogens is 420 g/mol. The van der Waals surface area contributed by atoms with Crippen molar-refractivity contribution in [1.82, 2.24) is 10.6 Å². The second kappa shape index (κ2) is 11.5. The van der Waals surface area contributed by atoms with Gasteiger partial charge in [-0.25, -0.2) is 4.79 Å². The molecule has 0 saturated heterocycles. The zero-order valence-electron chi connectivity index (χ0n) is 19.2. The zero-order valence-corrected chi connectivity index (χ0v) is 19.2. The van der Waals surface area contributed by atoms with Gasteiger partial charge in [0.05, 0.1) is 6.42 Å². The molecule has 3 N–H and O–H groups in total. The van der Waals surface area contributed by atoms with Crippen molar-refractivity contribution in [1.29, 1.82) is 0 Å². The van der Waals surface area contributed by atoms with Crippen molar-refractivity contribution in [3.05, 3.63) is 59.7 Å². The number of carbonyl (C=O) groups excluding carboxylic acids is 2. The van der Waals surface area contributed by atoms with Gasteiger partial charge in [-0.05, 0) is 47.9 Å². The molecule has 0 spiro atoms. The predicted octanol–water partition coefficient (Wildman–Crippen LogP) is 4.31. The summed E-state index contributed by atoms with van der Waals surface area (Å²) in [5, 5.41) is 14.2. The van der Waals surface area contributed by atoms with E-state index in [1.54, 1.807) is 6.92 Å². The molecule has 7 nitrogen and oxygen atoms in total. The minimum Gasteiger partial charge on any atom is -0.481 e. The molecule has 3 rings (SSSR count). The van der Waals surface area contributed by atoms with Crippen LogP contribution in [-0.2, 0) is 14.3 Å². The van der Waals surface area contributed by atoms with E-state index in [0.717, 1.165) is 6.42 Å². The van der Waals surface area contributed by atoms with E-state index < -0.39 is 12.1 Å². The molecule has 0 aromatic heterocycles. The fourth-order valence-corrected chi connectivity index (χ4v) is 4.25. The zero-order chi connectivity index (χ0) is 23.8. The van der Waals surface area contributed by atoms with Crippen molar-refractivity contribution in [3.8, 4) is 11.1 Å². The van der Waals surface area contributed by atoms with Gasteiger partial charge in [-0.1, -0.05) is 55.5 Å². The van der Waals surface area contributed by atoms with Gasteiger partial charge < -0.3 is 20.5 Å². The lowest BCUT2D eigenvalue weighted by Crippen LogP contribution is -2.34. The van der Waals surface area contributed by atoms with E-state index in [-0.39, 0.29) is 36.8 Å². The Labute approximate surface area is 194 Å². The highest BCUT2D eigenvalue weighted by Crippen LogP contribution is 2.44. The third-order valence-electron chi connectivity index (χ3n) is 6.00. The van der Waals surface area contributed by atoms with E-state index in [0.29, 0.717) is 19.4 Å². The van der Waals surface area contributed by atoms with Gasteiger partial charge in [0, 0.05) is 24.9 Å². The summed E-state index contributed by atoms with van der Waals surface area (Å²) in [4.78, 5) is 34.8. The molecule has 7 heteroatoms. The third kappa shape index (κ3) is 6.81. The number of ether oxygens (including phenoxy) is 1. The van der Waals surface area contributed by atoms with E-state index in [2.05, 4.69) is 34.9 Å². The van der Waals surface area contributed by atoms with Gasteiger partial charge >= 0.3 is 12.1 Å². The van der Waals surface area contributed by atoms with Crippen molar-refractivity contribution in [3.63, 3.8) is 0 Å². The molecule has 2 aromatic carbocycles. The molecule has 1 aliphatic carbocycles. The summed E-state index contributed by atoms with van der Waals surface area (Å²) in [7, 11) is 0. The molecule has 0 saturated carbocycles. The van der Waals surface area contributed by atoms with Gasteiger partial charge in [0.15, 0.2) is 0 Å². The maximum absolute atomic E-state index is 12.2. The number of carbonyl (C=O) groups is 3. The third-order valence-corrected chi connectivity index (χ3v) is 6.00. The van der Waals surface area contributed by atoms with Crippen LogP contribution in [0.4, 0.5) is 4.79 Å². The average molecular weight is 453 g/mol. The first-order chi connectivity index (χ1) is 15.8. The van der Waals surface area contributed by atoms with E-state index in [1.807, 2.05) is 31.2 Å². The van der Waals surface area contributed by atoms with Crippen LogP contribution in [0.25, 0.3) is 11.1 Å². The lowest BCUT2D eigenvalue weighted by molar-refractivity contribution is -0.137. The molecule has 0 aliphatic heterocycles. The largest absolute Gasteiger partial charge is 0.481 e. The summed E-state index contributed by atoms with van der Waals surface area (Å²) in [5.41, 5.74) is 4.74. The highest BCUT2D eigenvalue weighted by atomic mass is 16.5. The Morgan fingerprint density at radius 2 is 1.58 bits per heavy atom. The Bertz CT molecular complexity index is 945. The summed E-state index contributed by atoms with van der Waals surface area (Å²) in [6.07, 6.45) is 1.19. The summed E-state index contributed by atoms with van der Waals surface area (Å²) in [6.45, 7) is 4.44. The van der Waals surface area contributed by atoms with Crippen LogP contribution in [-0.4, -0.2) is 42.3 Å². The Balaban J connectivity index is 1.37. The summed E-state index contributed by atoms with van der Waals surface area (Å²) in [5.74, 6) is -0.820. The number of amides is 2. The SMILES string of the molecule is CC(CCNC(=O)OCC1c2ccccc2-c2ccccc21)CCC(=O)N[C@@H](C)CC(=O)O. The fraction of sp³-hybridized carbons (Fsp3) is 0.423. The van der Waals surface area contributed by atoms with Crippen LogP contribution < -0.4 is 10.6 Å². The number of benzene rings is 2. The second-order valence-electron chi connectivity index (χ2n) is 8.75. The molecule has 176 valence electrons. The van der Waals surface area contributed by atoms with Crippen molar-refractivity contribution in [2.24, 2.45) is 5.92 Å². The van der Waals surface area contributed by atoms with Gasteiger partial charge in [0.2, 0.25) is 5.91 Å². The molecule has 0 heterocycles. The van der Waals surface area contributed by atoms with Crippen LogP contribution in [0, 0.1) is 5.92 Å². The Hall–Kier alpha value is -3.35. The predicted molar refractivity (Wildman–Crippen MR) is 126 cm³/mol. The number of aliphatic carboxylic acids is 1. The number of hydrogen-bond acceptors (Lipinski definition) is 4. The van der Waals surface area contributed by atoms with Gasteiger partial charge in [-0.15, -0.1) is 0 Å². The lowest BCUT2D eigenvalue weighted by Gasteiger charge is -2.16. The van der Waals surface area contributed by atoms with Crippen molar-refractivity contribution in [2.45, 2.75) is 51.5 Å². The Morgan fingerprint density at radius 1 is 0.970 bits per heavy atom. The molecule has 1 unspecified atom stereocenters. The number of alkyl carbamates (subject to hydrolysis) is 1. The van der Waals surface area contributed by atoms with Crippen molar-refractivity contribution in [2.75, 3.05) is 13.2 Å². The quantitative estimate of drug-likeness (QED) is 0.471. The average Bonchev–Trinajstić information content (AvgIpc) is 3.09. The Kier molecular flexibility index (Phi) is 8.46. The van der Waals surface area contributed by atoms with Gasteiger partial charge in [-0.3, -0.25) is 9.59 Å². The van der Waals surface area contributed by atoms with Crippen LogP contribution in [0.1, 0.15) is 56.6 Å². The summed E-state index contributed by atoms with van der Waals surface area (Å²) < 4.78 is 5.53. The smallest absolute Gasteiger partial charge is 0.407 e. The van der Waals surface area contributed by atoms with Gasteiger partial charge in [-0.2, -0.15) is 0 Å². The standard InChI is InChI=1S/C26H32N2O5/c1-17(11-12-24(29)28-18(2)15-25(30)31)13-14-27-26(32)33-16-23-21-9-5-3-7-19(21)20-8-4-6-10-22(20)23/h3-10,17-18,23H,11-16H2,1-2H3,(H,27,32)(H,28,29)(H,30,31)/t17?,18-/m0/s1. The van der Waals surface area contributed by atoms with Crippen LogP contribution in [0.2, 0.25) is 0 Å². The van der Waals surface area contributed by atoms with Crippen LogP contribution in [0.5, 0.6) is 0 Å². The highest BCUT2D eigenvalue weighted by Gasteiger charge is 2.28. The first kappa shape index (κ1) is 24.3. The first-order valence-electron chi connectivity index (χ1n) is 11.4. The molecular formula is C26H32N2O5. The second-order valence-corrected chi connectivity index (χ2v) is 8.75. The van der Waals surface area contributed by atoms with Gasteiger partial charge in [0.1, 0.15) is 6.61 Å². The first-order valence-corrected chi connectivity index (χ1v) is 11.4. The maximum atomic E-state index is 12.2. The molecule has 0 bridgehead atoms. The van der Waals surface area contributed by atoms with E-state index in [4.69, 9.17) is 9.84 Å². The number of nitrogens with one attached hydrogen (secondary N) is 2. The number of carboxylic acid groups (broad SMARTS) is 1. The maximum Gasteiger partial charge on any atom is 0.407 e. The molecule has 1 aliphatic rings. The Morgan fingerprint density at radius 3 is 2.18 bits per heavy atom. The number of carboxylic acids is 1. The monoisotopic (exact) mass is 452 g/mol. The molecule has 0 fully saturated rings. The minimum absolute atomic E-state index is 0.0316. The summed E-state index contributed by atoms with van der Waals surface area (Å²) >= 11 is 0. The topological polar surface area (TPSA) is 105 Å². The molecule has 33 heavy (non-hydrogen) atoms. The number of hydrogen-bond donors (Lipinski definition) is 3. The van der Waals surface area contributed by atoms with Crippen molar-refractivity contribution < 1.29 is 24.2 Å². The number of fused-ring (bicyclic) bond motifs is 3. The normalized spacial score (nSPS) is 14.0. The number of rotatable bonds is 11. The van der Waals surface area contributed by atoms with Crippen molar-refractivity contribution >= 4 is 18.0 Å². The lowest BCUT2D eigenvalue weighted by atomic mass is 9.98. The van der Waals surface area contributed by atoms with Gasteiger partial charge in [0.25, 0.3) is 0 Å². The molecule has 0 radical (unpaired) electrons. The van der Waals surface area contributed by atoms with E-state index in [1.165, 1.54) is 22.3 Å². The molecule has 2 atom stereocenters. The molecule has 2 amide bonds. The molecule has 2 aromatic rings. The minimum atomic E-state index is -0.935.